The van der Waals surface area contributed by atoms with Gasteiger partial charge in [-0.1, -0.05) is 12.1 Å². The Bertz CT molecular complexity index is 590. The van der Waals surface area contributed by atoms with Gasteiger partial charge in [-0.2, -0.15) is 0 Å². The fourth-order valence-corrected chi connectivity index (χ4v) is 3.82. The Morgan fingerprint density at radius 2 is 1.92 bits per heavy atom. The number of carbonyl (C=O) groups excluding carboxylic acids is 1. The molecule has 3 rings (SSSR count). The van der Waals surface area contributed by atoms with Gasteiger partial charge in [0, 0.05) is 58.3 Å². The van der Waals surface area contributed by atoms with Gasteiger partial charge in [-0.3, -0.25) is 14.6 Å². The number of amides is 1. The van der Waals surface area contributed by atoms with Crippen molar-refractivity contribution in [2.75, 3.05) is 45.8 Å². The highest BCUT2D eigenvalue weighted by molar-refractivity contribution is 5.78. The van der Waals surface area contributed by atoms with Gasteiger partial charge >= 0.3 is 0 Å². The molecule has 25 heavy (non-hydrogen) atoms. The molecule has 0 saturated carbocycles. The van der Waals surface area contributed by atoms with Crippen molar-refractivity contribution < 1.29 is 14.3 Å². The molecule has 0 aromatic heterocycles. The summed E-state index contributed by atoms with van der Waals surface area (Å²) in [6.45, 7) is 7.48. The third-order valence-electron chi connectivity index (χ3n) is 5.36. The van der Waals surface area contributed by atoms with Crippen LogP contribution in [0.2, 0.25) is 0 Å². The van der Waals surface area contributed by atoms with Crippen LogP contribution in [0.1, 0.15) is 31.4 Å². The van der Waals surface area contributed by atoms with E-state index < -0.39 is 6.10 Å². The fourth-order valence-electron chi connectivity index (χ4n) is 3.82. The molecule has 1 N–H and O–H groups in total. The predicted octanol–water partition coefficient (Wildman–Crippen LogP) is 1.49. The topological polar surface area (TPSA) is 47.0 Å². The van der Waals surface area contributed by atoms with Gasteiger partial charge in [-0.05, 0) is 31.0 Å². The number of β-amino-alcohol motifs (C(OH)–C–C–N with tert-alkyl or cyclic N) is 1. The summed E-state index contributed by atoms with van der Waals surface area (Å²) in [5.41, 5.74) is 1.00. The molecule has 138 valence electrons. The predicted molar refractivity (Wildman–Crippen MR) is 94.6 cm³/mol. The van der Waals surface area contributed by atoms with Gasteiger partial charge in [0.25, 0.3) is 0 Å². The molecule has 1 aromatic carbocycles. The number of hydrogen-bond acceptors (Lipinski definition) is 4. The van der Waals surface area contributed by atoms with E-state index in [4.69, 9.17) is 0 Å². The van der Waals surface area contributed by atoms with E-state index >= 15 is 0 Å². The van der Waals surface area contributed by atoms with Gasteiger partial charge in [0.2, 0.25) is 5.91 Å². The van der Waals surface area contributed by atoms with Crippen molar-refractivity contribution in [3.05, 3.63) is 35.6 Å². The summed E-state index contributed by atoms with van der Waals surface area (Å²) < 4.78 is 13.4. The van der Waals surface area contributed by atoms with Crippen LogP contribution >= 0.6 is 0 Å². The number of aliphatic hydroxyl groups excluding tert-OH is 1. The van der Waals surface area contributed by atoms with E-state index in [0.717, 1.165) is 44.7 Å². The molecule has 6 heteroatoms. The van der Waals surface area contributed by atoms with Gasteiger partial charge in [-0.25, -0.2) is 4.39 Å². The lowest BCUT2D eigenvalue weighted by Crippen LogP contribution is -2.50. The number of nitrogens with zero attached hydrogens (tertiary/aromatic N) is 3. The number of aliphatic hydroxyl groups is 1. The Hall–Kier alpha value is -1.50. The van der Waals surface area contributed by atoms with Crippen LogP contribution in [0.5, 0.6) is 0 Å². The minimum absolute atomic E-state index is 0.160. The first-order chi connectivity index (χ1) is 12.0. The largest absolute Gasteiger partial charge is 0.390 e. The van der Waals surface area contributed by atoms with Gasteiger partial charge in [-0.15, -0.1) is 0 Å². The van der Waals surface area contributed by atoms with Crippen LogP contribution in [-0.4, -0.2) is 77.6 Å². The van der Waals surface area contributed by atoms with E-state index in [9.17, 15) is 14.3 Å². The molecule has 2 atom stereocenters. The quantitative estimate of drug-likeness (QED) is 0.845. The van der Waals surface area contributed by atoms with Crippen molar-refractivity contribution in [3.63, 3.8) is 0 Å². The Morgan fingerprint density at radius 1 is 1.16 bits per heavy atom. The summed E-state index contributed by atoms with van der Waals surface area (Å²) in [6.07, 6.45) is 1.03. The molecule has 2 saturated heterocycles. The second kappa shape index (κ2) is 8.25. The Balaban J connectivity index is 1.44. The van der Waals surface area contributed by atoms with Crippen molar-refractivity contribution in [1.29, 1.82) is 0 Å². The SMILES string of the molecule is CC(c1cccc(F)c1)N1CCN(CC(O)CN2CCCC2=O)CC1. The van der Waals surface area contributed by atoms with Crippen molar-refractivity contribution in [1.82, 2.24) is 14.7 Å². The average molecular weight is 349 g/mol. The second-order valence-corrected chi connectivity index (χ2v) is 7.16. The standard InChI is InChI=1S/C19H28FN3O2/c1-15(16-4-2-5-17(20)12-16)22-10-8-21(9-11-22)13-18(24)14-23-7-3-6-19(23)25/h2,4-5,12,15,18,24H,3,6-11,13-14H2,1H3. The molecule has 0 bridgehead atoms. The highest BCUT2D eigenvalue weighted by atomic mass is 19.1. The van der Waals surface area contributed by atoms with E-state index in [0.29, 0.717) is 19.5 Å². The molecule has 2 aliphatic heterocycles. The lowest BCUT2D eigenvalue weighted by molar-refractivity contribution is -0.129. The molecule has 0 aliphatic carbocycles. The van der Waals surface area contributed by atoms with Gasteiger partial charge in [0.05, 0.1) is 6.10 Å². The number of likely N-dealkylation sites (tertiary alicyclic amines) is 1. The first-order valence-corrected chi connectivity index (χ1v) is 9.20. The van der Waals surface area contributed by atoms with E-state index in [-0.39, 0.29) is 17.8 Å². The number of hydrogen-bond donors (Lipinski definition) is 1. The zero-order valence-corrected chi connectivity index (χ0v) is 14.9. The maximum Gasteiger partial charge on any atom is 0.222 e. The highest BCUT2D eigenvalue weighted by Crippen LogP contribution is 2.22. The average Bonchev–Trinajstić information content (AvgIpc) is 2.99. The third-order valence-corrected chi connectivity index (χ3v) is 5.36. The van der Waals surface area contributed by atoms with E-state index in [1.807, 2.05) is 6.07 Å². The van der Waals surface area contributed by atoms with Crippen LogP contribution in [0.25, 0.3) is 0 Å². The number of piperazine rings is 1. The molecule has 5 nitrogen and oxygen atoms in total. The third kappa shape index (κ3) is 4.77. The molecule has 1 amide bonds. The molecule has 1 aromatic rings. The van der Waals surface area contributed by atoms with Crippen LogP contribution in [0, 0.1) is 5.82 Å². The van der Waals surface area contributed by atoms with Crippen molar-refractivity contribution in [3.8, 4) is 0 Å². The van der Waals surface area contributed by atoms with Crippen molar-refractivity contribution in [2.45, 2.75) is 31.9 Å². The van der Waals surface area contributed by atoms with Crippen LogP contribution in [0.15, 0.2) is 24.3 Å². The van der Waals surface area contributed by atoms with Crippen LogP contribution in [0.4, 0.5) is 4.39 Å². The first-order valence-electron chi connectivity index (χ1n) is 9.20. The Kier molecular flexibility index (Phi) is 6.04. The lowest BCUT2D eigenvalue weighted by atomic mass is 10.1. The zero-order chi connectivity index (χ0) is 17.8. The maximum absolute atomic E-state index is 13.4. The van der Waals surface area contributed by atoms with E-state index in [1.54, 1.807) is 17.0 Å². The molecule has 2 unspecified atom stereocenters. The van der Waals surface area contributed by atoms with Crippen molar-refractivity contribution in [2.24, 2.45) is 0 Å². The highest BCUT2D eigenvalue weighted by Gasteiger charge is 2.26. The Labute approximate surface area is 149 Å². The second-order valence-electron chi connectivity index (χ2n) is 7.16. The minimum atomic E-state index is -0.491. The maximum atomic E-state index is 13.4. The molecule has 0 spiro atoms. The van der Waals surface area contributed by atoms with Crippen LogP contribution < -0.4 is 0 Å². The molecule has 2 heterocycles. The van der Waals surface area contributed by atoms with Gasteiger partial charge in [0.1, 0.15) is 5.82 Å². The summed E-state index contributed by atoms with van der Waals surface area (Å²) in [7, 11) is 0. The minimum Gasteiger partial charge on any atom is -0.390 e. The molecule has 2 fully saturated rings. The smallest absolute Gasteiger partial charge is 0.222 e. The zero-order valence-electron chi connectivity index (χ0n) is 14.9. The lowest BCUT2D eigenvalue weighted by Gasteiger charge is -2.39. The summed E-state index contributed by atoms with van der Waals surface area (Å²) in [6, 6.07) is 6.99. The van der Waals surface area contributed by atoms with Gasteiger partial charge in [0.15, 0.2) is 0 Å². The number of rotatable bonds is 6. The van der Waals surface area contributed by atoms with Gasteiger partial charge < -0.3 is 10.0 Å². The summed E-state index contributed by atoms with van der Waals surface area (Å²) >= 11 is 0. The molecular weight excluding hydrogens is 321 g/mol. The first kappa shape index (κ1) is 18.3. The number of carbonyl (C=O) groups is 1. The normalized spacial score (nSPS) is 22.4. The van der Waals surface area contributed by atoms with Crippen LogP contribution in [-0.2, 0) is 4.79 Å². The molecule has 0 radical (unpaired) electrons. The monoisotopic (exact) mass is 349 g/mol. The summed E-state index contributed by atoms with van der Waals surface area (Å²) in [5, 5.41) is 10.3. The number of halogens is 1. The summed E-state index contributed by atoms with van der Waals surface area (Å²) in [4.78, 5) is 18.0. The molecular formula is C19H28FN3O2. The van der Waals surface area contributed by atoms with Crippen molar-refractivity contribution >= 4 is 5.91 Å². The Morgan fingerprint density at radius 3 is 2.56 bits per heavy atom. The number of benzene rings is 1. The molecule has 2 aliphatic rings. The van der Waals surface area contributed by atoms with E-state index in [1.165, 1.54) is 6.07 Å². The van der Waals surface area contributed by atoms with Crippen LogP contribution in [0.3, 0.4) is 0 Å². The summed E-state index contributed by atoms with van der Waals surface area (Å²) in [5.74, 6) is -0.0321. The fraction of sp³-hybridized carbons (Fsp3) is 0.632. The van der Waals surface area contributed by atoms with E-state index in [2.05, 4.69) is 16.7 Å².